The molecule has 0 bridgehead atoms. The minimum absolute atomic E-state index is 0.270. The lowest BCUT2D eigenvalue weighted by Gasteiger charge is -2.18. The van der Waals surface area contributed by atoms with Gasteiger partial charge in [0.1, 0.15) is 12.2 Å². The molecular formula is C19H18N2O4. The van der Waals surface area contributed by atoms with Crippen LogP contribution in [0.1, 0.15) is 13.2 Å². The van der Waals surface area contributed by atoms with E-state index in [1.807, 2.05) is 30.3 Å². The van der Waals surface area contributed by atoms with E-state index in [1.165, 1.54) is 4.57 Å². The zero-order chi connectivity index (χ0) is 17.6. The van der Waals surface area contributed by atoms with Crippen molar-refractivity contribution in [2.45, 2.75) is 31.5 Å². The summed E-state index contributed by atoms with van der Waals surface area (Å²) in [6.07, 6.45) is 1.43. The van der Waals surface area contributed by atoms with Crippen molar-refractivity contribution in [1.82, 2.24) is 9.55 Å². The first kappa shape index (κ1) is 16.0. The molecule has 1 saturated heterocycles. The SMILES string of the molecule is CC1OC(n2ccc3ccc(-c4cccnc4)cc3c2=O)C(O)C1O. The number of hydrogen-bond donors (Lipinski definition) is 2. The maximum Gasteiger partial charge on any atom is 0.260 e. The summed E-state index contributed by atoms with van der Waals surface area (Å²) < 4.78 is 6.91. The van der Waals surface area contributed by atoms with Crippen molar-refractivity contribution >= 4 is 10.8 Å². The number of aliphatic hydroxyl groups excluding tert-OH is 2. The fraction of sp³-hybridized carbons (Fsp3) is 0.263. The Hall–Kier alpha value is -2.54. The second-order valence-corrected chi connectivity index (χ2v) is 6.28. The van der Waals surface area contributed by atoms with E-state index in [4.69, 9.17) is 4.74 Å². The first-order chi connectivity index (χ1) is 12.1. The van der Waals surface area contributed by atoms with Gasteiger partial charge in [0.15, 0.2) is 6.23 Å². The summed E-state index contributed by atoms with van der Waals surface area (Å²) in [5.41, 5.74) is 1.53. The first-order valence-corrected chi connectivity index (χ1v) is 8.13. The number of hydrogen-bond acceptors (Lipinski definition) is 5. The topological polar surface area (TPSA) is 84.6 Å². The summed E-state index contributed by atoms with van der Waals surface area (Å²) >= 11 is 0. The van der Waals surface area contributed by atoms with Crippen LogP contribution in [-0.4, -0.2) is 38.1 Å². The standard InChI is InChI=1S/C19H18N2O4/c1-11-16(22)17(23)19(25-11)21-8-6-12-4-5-13(9-15(12)18(21)24)14-3-2-7-20-10-14/h2-11,16-17,19,22-23H,1H3. The molecule has 0 amide bonds. The normalized spacial score (nSPS) is 26.2. The van der Waals surface area contributed by atoms with Crippen LogP contribution in [0.5, 0.6) is 0 Å². The Bertz CT molecular complexity index is 970. The quantitative estimate of drug-likeness (QED) is 0.743. The molecule has 128 valence electrons. The number of benzene rings is 1. The highest BCUT2D eigenvalue weighted by Gasteiger charge is 2.41. The number of aromatic nitrogens is 2. The van der Waals surface area contributed by atoms with E-state index in [-0.39, 0.29) is 5.56 Å². The van der Waals surface area contributed by atoms with Crippen LogP contribution in [0.25, 0.3) is 21.9 Å². The van der Waals surface area contributed by atoms with Crippen LogP contribution in [-0.2, 0) is 4.74 Å². The molecule has 4 unspecified atom stereocenters. The minimum Gasteiger partial charge on any atom is -0.388 e. The van der Waals surface area contributed by atoms with Gasteiger partial charge in [-0.15, -0.1) is 0 Å². The molecule has 0 saturated carbocycles. The van der Waals surface area contributed by atoms with Crippen molar-refractivity contribution in [2.75, 3.05) is 0 Å². The van der Waals surface area contributed by atoms with Crippen LogP contribution in [0.3, 0.4) is 0 Å². The van der Waals surface area contributed by atoms with Crippen LogP contribution >= 0.6 is 0 Å². The van der Waals surface area contributed by atoms with E-state index < -0.39 is 24.5 Å². The van der Waals surface area contributed by atoms with Gasteiger partial charge in [-0.25, -0.2) is 0 Å². The molecule has 6 heteroatoms. The molecule has 0 aliphatic carbocycles. The molecule has 4 atom stereocenters. The van der Waals surface area contributed by atoms with Crippen molar-refractivity contribution in [3.05, 3.63) is 65.3 Å². The summed E-state index contributed by atoms with van der Waals surface area (Å²) in [6, 6.07) is 11.2. The van der Waals surface area contributed by atoms with Gasteiger partial charge >= 0.3 is 0 Å². The maximum absolute atomic E-state index is 12.9. The molecule has 1 aliphatic heterocycles. The Labute approximate surface area is 144 Å². The lowest BCUT2D eigenvalue weighted by atomic mass is 10.0. The Kier molecular flexibility index (Phi) is 3.88. The summed E-state index contributed by atoms with van der Waals surface area (Å²) in [5.74, 6) is 0. The number of aliphatic hydroxyl groups is 2. The van der Waals surface area contributed by atoms with E-state index in [1.54, 1.807) is 31.6 Å². The Morgan fingerprint density at radius 1 is 1.12 bits per heavy atom. The maximum atomic E-state index is 12.9. The second-order valence-electron chi connectivity index (χ2n) is 6.28. The van der Waals surface area contributed by atoms with Gasteiger partial charge in [0.05, 0.1) is 6.10 Å². The van der Waals surface area contributed by atoms with Gasteiger partial charge in [-0.2, -0.15) is 0 Å². The average molecular weight is 338 g/mol. The highest BCUT2D eigenvalue weighted by Crippen LogP contribution is 2.29. The van der Waals surface area contributed by atoms with E-state index in [2.05, 4.69) is 4.98 Å². The van der Waals surface area contributed by atoms with E-state index in [0.717, 1.165) is 16.5 Å². The molecule has 0 spiro atoms. The van der Waals surface area contributed by atoms with Crippen LogP contribution in [0.2, 0.25) is 0 Å². The van der Waals surface area contributed by atoms with Gasteiger partial charge < -0.3 is 14.9 Å². The number of ether oxygens (including phenoxy) is 1. The van der Waals surface area contributed by atoms with Gasteiger partial charge in [-0.3, -0.25) is 14.3 Å². The number of rotatable bonds is 2. The molecular weight excluding hydrogens is 320 g/mol. The zero-order valence-electron chi connectivity index (χ0n) is 13.6. The lowest BCUT2D eigenvalue weighted by molar-refractivity contribution is -0.0339. The monoisotopic (exact) mass is 338 g/mol. The third kappa shape index (κ3) is 2.64. The molecule has 0 radical (unpaired) electrons. The average Bonchev–Trinajstić information content (AvgIpc) is 2.90. The van der Waals surface area contributed by atoms with Gasteiger partial charge in [0, 0.05) is 29.5 Å². The minimum atomic E-state index is -1.15. The number of nitrogens with zero attached hydrogens (tertiary/aromatic N) is 2. The first-order valence-electron chi connectivity index (χ1n) is 8.13. The van der Waals surface area contributed by atoms with E-state index in [9.17, 15) is 15.0 Å². The molecule has 25 heavy (non-hydrogen) atoms. The van der Waals surface area contributed by atoms with Crippen molar-refractivity contribution in [3.63, 3.8) is 0 Å². The molecule has 4 rings (SSSR count). The van der Waals surface area contributed by atoms with Crippen LogP contribution in [0, 0.1) is 0 Å². The summed E-state index contributed by atoms with van der Waals surface area (Å²) in [4.78, 5) is 17.0. The molecule has 3 heterocycles. The predicted molar refractivity (Wildman–Crippen MR) is 93.0 cm³/mol. The van der Waals surface area contributed by atoms with Crippen molar-refractivity contribution in [1.29, 1.82) is 0 Å². The van der Waals surface area contributed by atoms with E-state index in [0.29, 0.717) is 5.39 Å². The van der Waals surface area contributed by atoms with Crippen LogP contribution in [0.15, 0.2) is 59.8 Å². The molecule has 3 aromatic rings. The largest absolute Gasteiger partial charge is 0.388 e. The number of fused-ring (bicyclic) bond motifs is 1. The fourth-order valence-corrected chi connectivity index (χ4v) is 3.23. The summed E-state index contributed by atoms with van der Waals surface area (Å²) in [5, 5.41) is 21.4. The third-order valence-electron chi connectivity index (χ3n) is 4.68. The molecule has 6 nitrogen and oxygen atoms in total. The molecule has 2 N–H and O–H groups in total. The van der Waals surface area contributed by atoms with Gasteiger partial charge in [0.2, 0.25) is 0 Å². The molecule has 1 aliphatic rings. The highest BCUT2D eigenvalue weighted by molar-refractivity contribution is 5.86. The van der Waals surface area contributed by atoms with Gasteiger partial charge in [-0.1, -0.05) is 18.2 Å². The molecule has 1 fully saturated rings. The second kappa shape index (κ2) is 6.07. The Morgan fingerprint density at radius 3 is 2.64 bits per heavy atom. The fourth-order valence-electron chi connectivity index (χ4n) is 3.23. The van der Waals surface area contributed by atoms with Gasteiger partial charge in [0.25, 0.3) is 5.56 Å². The smallest absolute Gasteiger partial charge is 0.260 e. The predicted octanol–water partition coefficient (Wildman–Crippen LogP) is 1.70. The highest BCUT2D eigenvalue weighted by atomic mass is 16.6. The zero-order valence-corrected chi connectivity index (χ0v) is 13.6. The third-order valence-corrected chi connectivity index (χ3v) is 4.68. The Morgan fingerprint density at radius 2 is 1.96 bits per heavy atom. The van der Waals surface area contributed by atoms with Crippen molar-refractivity contribution in [3.8, 4) is 11.1 Å². The lowest BCUT2D eigenvalue weighted by Crippen LogP contribution is -2.34. The molecule has 2 aromatic heterocycles. The summed E-state index contributed by atoms with van der Waals surface area (Å²) in [7, 11) is 0. The molecule has 1 aromatic carbocycles. The van der Waals surface area contributed by atoms with Crippen molar-refractivity contribution in [2.24, 2.45) is 0 Å². The van der Waals surface area contributed by atoms with Crippen molar-refractivity contribution < 1.29 is 14.9 Å². The number of pyridine rings is 2. The van der Waals surface area contributed by atoms with Gasteiger partial charge in [-0.05, 0) is 36.1 Å². The van der Waals surface area contributed by atoms with E-state index >= 15 is 0 Å². The summed E-state index contributed by atoms with van der Waals surface area (Å²) in [6.45, 7) is 1.67. The Balaban J connectivity index is 1.83. The van der Waals surface area contributed by atoms with Crippen LogP contribution < -0.4 is 5.56 Å². The van der Waals surface area contributed by atoms with Crippen LogP contribution in [0.4, 0.5) is 0 Å².